The average molecular weight is 351 g/mol. The molecule has 3 rings (SSSR count). The molecule has 132 valence electrons. The van der Waals surface area contributed by atoms with Crippen LogP contribution in [0.25, 0.3) is 0 Å². The second-order valence-corrected chi connectivity index (χ2v) is 9.30. The number of rotatable bonds is 3. The molecule has 0 unspecified atom stereocenters. The summed E-state index contributed by atoms with van der Waals surface area (Å²) in [5.74, 6) is 1.25. The SMILES string of the molecule is COc1ccc2c(c1)C[C@H](C)N(C(=O)C[C@H]1CCS(=O)(=O)C1)[C@H]2C. The Bertz CT molecular complexity index is 743. The maximum absolute atomic E-state index is 12.8. The summed E-state index contributed by atoms with van der Waals surface area (Å²) in [6.45, 7) is 4.10. The Balaban J connectivity index is 1.77. The largest absolute Gasteiger partial charge is 0.497 e. The number of methoxy groups -OCH3 is 1. The number of ether oxygens (including phenoxy) is 1. The molecule has 0 saturated carbocycles. The third kappa shape index (κ3) is 3.29. The van der Waals surface area contributed by atoms with Gasteiger partial charge in [-0.05, 0) is 55.9 Å². The van der Waals surface area contributed by atoms with Crippen LogP contribution in [-0.4, -0.2) is 43.9 Å². The highest BCUT2D eigenvalue weighted by Gasteiger charge is 2.36. The van der Waals surface area contributed by atoms with Crippen LogP contribution in [0, 0.1) is 5.92 Å². The molecule has 0 aromatic heterocycles. The molecule has 1 fully saturated rings. The van der Waals surface area contributed by atoms with E-state index in [4.69, 9.17) is 4.74 Å². The summed E-state index contributed by atoms with van der Waals surface area (Å²) in [5.41, 5.74) is 2.38. The first-order chi connectivity index (χ1) is 11.3. The predicted molar refractivity (Wildman–Crippen MR) is 92.8 cm³/mol. The number of hydrogen-bond donors (Lipinski definition) is 0. The highest BCUT2D eigenvalue weighted by Crippen LogP contribution is 2.36. The van der Waals surface area contributed by atoms with Crippen LogP contribution in [0.15, 0.2) is 18.2 Å². The maximum Gasteiger partial charge on any atom is 0.223 e. The molecular weight excluding hydrogens is 326 g/mol. The van der Waals surface area contributed by atoms with E-state index in [-0.39, 0.29) is 35.4 Å². The van der Waals surface area contributed by atoms with E-state index in [0.717, 1.165) is 17.7 Å². The van der Waals surface area contributed by atoms with E-state index in [2.05, 4.69) is 6.92 Å². The van der Waals surface area contributed by atoms with Crippen molar-refractivity contribution >= 4 is 15.7 Å². The van der Waals surface area contributed by atoms with Gasteiger partial charge in [-0.3, -0.25) is 4.79 Å². The molecule has 5 nitrogen and oxygen atoms in total. The molecule has 0 radical (unpaired) electrons. The van der Waals surface area contributed by atoms with Crippen molar-refractivity contribution in [3.8, 4) is 5.75 Å². The second-order valence-electron chi connectivity index (χ2n) is 7.07. The third-order valence-corrected chi connectivity index (χ3v) is 7.12. The molecule has 6 heteroatoms. The number of nitrogens with zero attached hydrogens (tertiary/aromatic N) is 1. The van der Waals surface area contributed by atoms with Crippen molar-refractivity contribution in [2.75, 3.05) is 18.6 Å². The van der Waals surface area contributed by atoms with E-state index in [1.165, 1.54) is 5.56 Å². The lowest BCUT2D eigenvalue weighted by molar-refractivity contribution is -0.137. The Morgan fingerprint density at radius 2 is 2.08 bits per heavy atom. The molecule has 2 aliphatic heterocycles. The van der Waals surface area contributed by atoms with Crippen molar-refractivity contribution in [1.29, 1.82) is 0 Å². The minimum Gasteiger partial charge on any atom is -0.497 e. The summed E-state index contributed by atoms with van der Waals surface area (Å²) in [5, 5.41) is 0. The van der Waals surface area contributed by atoms with Crippen molar-refractivity contribution in [1.82, 2.24) is 4.90 Å². The zero-order valence-corrected chi connectivity index (χ0v) is 15.3. The van der Waals surface area contributed by atoms with Crippen LogP contribution in [-0.2, 0) is 21.1 Å². The minimum absolute atomic E-state index is 0.000154. The second kappa shape index (κ2) is 6.39. The number of amides is 1. The summed E-state index contributed by atoms with van der Waals surface area (Å²) >= 11 is 0. The predicted octanol–water partition coefficient (Wildman–Crippen LogP) is 2.35. The first-order valence-corrected chi connectivity index (χ1v) is 10.3. The van der Waals surface area contributed by atoms with Gasteiger partial charge in [-0.1, -0.05) is 6.07 Å². The zero-order chi connectivity index (χ0) is 17.5. The summed E-state index contributed by atoms with van der Waals surface area (Å²) in [7, 11) is -1.28. The molecule has 24 heavy (non-hydrogen) atoms. The normalized spacial score (nSPS) is 28.5. The van der Waals surface area contributed by atoms with Gasteiger partial charge in [0.15, 0.2) is 9.84 Å². The fourth-order valence-electron chi connectivity index (χ4n) is 4.09. The van der Waals surface area contributed by atoms with Gasteiger partial charge in [-0.2, -0.15) is 0 Å². The smallest absolute Gasteiger partial charge is 0.223 e. The van der Waals surface area contributed by atoms with Gasteiger partial charge in [0.25, 0.3) is 0 Å². The molecule has 0 N–H and O–H groups in total. The first-order valence-electron chi connectivity index (χ1n) is 8.49. The molecule has 1 aromatic rings. The van der Waals surface area contributed by atoms with E-state index < -0.39 is 9.84 Å². The number of hydrogen-bond acceptors (Lipinski definition) is 4. The van der Waals surface area contributed by atoms with Gasteiger partial charge in [0.05, 0.1) is 24.7 Å². The molecule has 0 bridgehead atoms. The van der Waals surface area contributed by atoms with E-state index >= 15 is 0 Å². The van der Waals surface area contributed by atoms with Gasteiger partial charge in [-0.25, -0.2) is 8.42 Å². The van der Waals surface area contributed by atoms with Gasteiger partial charge >= 0.3 is 0 Å². The monoisotopic (exact) mass is 351 g/mol. The van der Waals surface area contributed by atoms with Crippen LogP contribution in [0.5, 0.6) is 5.75 Å². The maximum atomic E-state index is 12.8. The lowest BCUT2D eigenvalue weighted by atomic mass is 9.88. The van der Waals surface area contributed by atoms with E-state index in [1.54, 1.807) is 7.11 Å². The van der Waals surface area contributed by atoms with Crippen LogP contribution in [0.4, 0.5) is 0 Å². The van der Waals surface area contributed by atoms with Gasteiger partial charge in [0, 0.05) is 12.5 Å². The quantitative estimate of drug-likeness (QED) is 0.839. The summed E-state index contributed by atoms with van der Waals surface area (Å²) in [4.78, 5) is 14.8. The van der Waals surface area contributed by atoms with Gasteiger partial charge in [0.2, 0.25) is 5.91 Å². The van der Waals surface area contributed by atoms with Crippen molar-refractivity contribution in [2.24, 2.45) is 5.92 Å². The summed E-state index contributed by atoms with van der Waals surface area (Å²) in [6.07, 6.45) is 1.74. The van der Waals surface area contributed by atoms with E-state index in [9.17, 15) is 13.2 Å². The Morgan fingerprint density at radius 3 is 2.71 bits per heavy atom. The fraction of sp³-hybridized carbons (Fsp3) is 0.611. The number of carbonyl (C=O) groups is 1. The molecule has 0 spiro atoms. The Labute approximate surface area is 143 Å². The molecule has 1 saturated heterocycles. The molecule has 3 atom stereocenters. The van der Waals surface area contributed by atoms with E-state index in [0.29, 0.717) is 12.8 Å². The number of sulfone groups is 1. The Hall–Kier alpha value is -1.56. The molecule has 0 aliphatic carbocycles. The van der Waals surface area contributed by atoms with Crippen molar-refractivity contribution in [3.63, 3.8) is 0 Å². The number of benzene rings is 1. The molecule has 2 aliphatic rings. The fourth-order valence-corrected chi connectivity index (χ4v) is 5.95. The highest BCUT2D eigenvalue weighted by molar-refractivity contribution is 7.91. The van der Waals surface area contributed by atoms with Crippen LogP contribution < -0.4 is 4.74 Å². The number of fused-ring (bicyclic) bond motifs is 1. The van der Waals surface area contributed by atoms with Crippen LogP contribution >= 0.6 is 0 Å². The topological polar surface area (TPSA) is 63.7 Å². The Kier molecular flexibility index (Phi) is 4.60. The van der Waals surface area contributed by atoms with Crippen LogP contribution in [0.2, 0.25) is 0 Å². The van der Waals surface area contributed by atoms with Gasteiger partial charge in [-0.15, -0.1) is 0 Å². The standard InChI is InChI=1S/C18H25NO4S/c1-12-8-15-10-16(23-3)4-5-17(15)13(2)19(12)18(20)9-14-6-7-24(21,22)11-14/h4-5,10,12-14H,6-9,11H2,1-3H3/t12-,13-,14+/m0/s1. The van der Waals surface area contributed by atoms with Gasteiger partial charge in [0.1, 0.15) is 5.75 Å². The summed E-state index contributed by atoms with van der Waals surface area (Å²) in [6, 6.07) is 6.11. The molecule has 1 amide bonds. The third-order valence-electron chi connectivity index (χ3n) is 5.29. The number of carbonyl (C=O) groups excluding carboxylic acids is 1. The van der Waals surface area contributed by atoms with Crippen LogP contribution in [0.3, 0.4) is 0 Å². The van der Waals surface area contributed by atoms with Crippen molar-refractivity contribution < 1.29 is 17.9 Å². The minimum atomic E-state index is -2.94. The van der Waals surface area contributed by atoms with E-state index in [1.807, 2.05) is 30.0 Å². The van der Waals surface area contributed by atoms with Crippen molar-refractivity contribution in [3.05, 3.63) is 29.3 Å². The molecule has 2 heterocycles. The highest BCUT2D eigenvalue weighted by atomic mass is 32.2. The Morgan fingerprint density at radius 1 is 1.33 bits per heavy atom. The average Bonchev–Trinajstić information content (AvgIpc) is 2.85. The van der Waals surface area contributed by atoms with Crippen LogP contribution in [0.1, 0.15) is 43.9 Å². The van der Waals surface area contributed by atoms with Gasteiger partial charge < -0.3 is 9.64 Å². The van der Waals surface area contributed by atoms with Crippen molar-refractivity contribution in [2.45, 2.75) is 45.2 Å². The zero-order valence-electron chi connectivity index (χ0n) is 14.5. The molecular formula is C18H25NO4S. The molecule has 1 aromatic carbocycles. The summed E-state index contributed by atoms with van der Waals surface area (Å²) < 4.78 is 28.5. The first kappa shape index (κ1) is 17.3. The lowest BCUT2D eigenvalue weighted by Gasteiger charge is -2.41. The lowest BCUT2D eigenvalue weighted by Crippen LogP contribution is -2.45.